The van der Waals surface area contributed by atoms with E-state index in [0.717, 1.165) is 41.4 Å². The van der Waals surface area contributed by atoms with Crippen molar-refractivity contribution in [2.45, 2.75) is 33.0 Å². The van der Waals surface area contributed by atoms with Gasteiger partial charge in [-0.05, 0) is 26.0 Å². The van der Waals surface area contributed by atoms with Crippen molar-refractivity contribution in [3.05, 3.63) is 57.5 Å². The Morgan fingerprint density at radius 1 is 1.31 bits per heavy atom. The maximum Gasteiger partial charge on any atom is 0.258 e. The van der Waals surface area contributed by atoms with Crippen molar-refractivity contribution in [1.29, 1.82) is 0 Å². The highest BCUT2D eigenvalue weighted by Gasteiger charge is 2.31. The number of para-hydroxylation sites is 1. The van der Waals surface area contributed by atoms with Crippen LogP contribution in [0.4, 0.5) is 0 Å². The minimum atomic E-state index is -0.0863. The number of aromatic nitrogens is 3. The van der Waals surface area contributed by atoms with Gasteiger partial charge in [0, 0.05) is 18.7 Å². The molecule has 0 radical (unpaired) electrons. The average molecular weight is 478 g/mol. The van der Waals surface area contributed by atoms with E-state index < -0.39 is 0 Å². The number of aryl methyl sites for hydroxylation is 2. The van der Waals surface area contributed by atoms with Crippen molar-refractivity contribution in [2.24, 2.45) is 0 Å². The highest BCUT2D eigenvalue weighted by Crippen LogP contribution is 2.31. The van der Waals surface area contributed by atoms with Gasteiger partial charge in [-0.25, -0.2) is 9.50 Å². The molecule has 0 saturated carbocycles. The first-order chi connectivity index (χ1) is 15.0. The van der Waals surface area contributed by atoms with Gasteiger partial charge in [0.1, 0.15) is 18.5 Å². The predicted octanol–water partition coefficient (Wildman–Crippen LogP) is 2.94. The number of rotatable bonds is 4. The van der Waals surface area contributed by atoms with Gasteiger partial charge in [0.05, 0.1) is 47.4 Å². The van der Waals surface area contributed by atoms with Crippen LogP contribution < -0.4 is 10.1 Å². The summed E-state index contributed by atoms with van der Waals surface area (Å²) in [6.07, 6.45) is -0.0223. The molecule has 10 heteroatoms. The number of ether oxygens (including phenoxy) is 2. The second kappa shape index (κ2) is 9.23. The molecule has 170 valence electrons. The molecule has 1 atom stereocenters. The first kappa shape index (κ1) is 22.8. The number of amides is 1. The zero-order valence-corrected chi connectivity index (χ0v) is 19.5. The minimum absolute atomic E-state index is 0. The zero-order valence-electron chi connectivity index (χ0n) is 17.9. The van der Waals surface area contributed by atoms with Crippen LogP contribution in [-0.4, -0.2) is 57.8 Å². The second-order valence-electron chi connectivity index (χ2n) is 7.92. The number of nitrogens with one attached hydrogen (secondary N) is 1. The normalized spacial score (nSPS) is 17.8. The Hall–Kier alpha value is -2.39. The van der Waals surface area contributed by atoms with Crippen LogP contribution in [0.1, 0.15) is 33.0 Å². The lowest BCUT2D eigenvalue weighted by Gasteiger charge is -2.24. The van der Waals surface area contributed by atoms with Crippen LogP contribution in [-0.2, 0) is 17.8 Å². The molecule has 0 aliphatic carbocycles. The molecule has 0 spiro atoms. The average Bonchev–Trinajstić information content (AvgIpc) is 3.36. The molecular formula is C22H25Cl2N5O3. The van der Waals surface area contributed by atoms with Gasteiger partial charge < -0.3 is 19.7 Å². The Labute approximate surface area is 197 Å². The van der Waals surface area contributed by atoms with Gasteiger partial charge in [0.15, 0.2) is 5.65 Å². The van der Waals surface area contributed by atoms with Crippen LogP contribution in [0.3, 0.4) is 0 Å². The lowest BCUT2D eigenvalue weighted by Crippen LogP contribution is -2.41. The van der Waals surface area contributed by atoms with Gasteiger partial charge >= 0.3 is 0 Å². The van der Waals surface area contributed by atoms with E-state index in [4.69, 9.17) is 21.1 Å². The van der Waals surface area contributed by atoms with Crippen LogP contribution in [0.25, 0.3) is 5.65 Å². The lowest BCUT2D eigenvalue weighted by molar-refractivity contribution is -0.0000645. The van der Waals surface area contributed by atoms with E-state index in [-0.39, 0.29) is 24.4 Å². The summed E-state index contributed by atoms with van der Waals surface area (Å²) in [5.74, 6) is 0.480. The third-order valence-electron chi connectivity index (χ3n) is 5.79. The van der Waals surface area contributed by atoms with Crippen LogP contribution >= 0.6 is 24.0 Å². The summed E-state index contributed by atoms with van der Waals surface area (Å²) < 4.78 is 13.4. The number of carbonyl (C=O) groups is 1. The summed E-state index contributed by atoms with van der Waals surface area (Å²) in [7, 11) is 0. The van der Waals surface area contributed by atoms with Gasteiger partial charge in [0.2, 0.25) is 0 Å². The van der Waals surface area contributed by atoms with Gasteiger partial charge in [0.25, 0.3) is 5.91 Å². The van der Waals surface area contributed by atoms with E-state index in [0.29, 0.717) is 42.6 Å². The molecule has 2 aliphatic rings. The molecule has 1 N–H and O–H groups in total. The first-order valence-electron chi connectivity index (χ1n) is 10.4. The van der Waals surface area contributed by atoms with Crippen molar-refractivity contribution < 1.29 is 14.3 Å². The van der Waals surface area contributed by atoms with E-state index in [1.807, 2.05) is 32.0 Å². The number of hydrogen-bond donors (Lipinski definition) is 1. The quantitative estimate of drug-likeness (QED) is 0.621. The molecule has 2 aliphatic heterocycles. The number of halogens is 2. The molecule has 2 aromatic heterocycles. The van der Waals surface area contributed by atoms with E-state index in [1.54, 1.807) is 15.5 Å². The van der Waals surface area contributed by atoms with E-state index in [2.05, 4.69) is 15.4 Å². The molecule has 8 nitrogen and oxygen atoms in total. The number of fused-ring (bicyclic) bond motifs is 3. The summed E-state index contributed by atoms with van der Waals surface area (Å²) in [6.45, 7) is 7.35. The number of morpholine rings is 1. The van der Waals surface area contributed by atoms with Gasteiger partial charge in [-0.1, -0.05) is 23.7 Å². The largest absolute Gasteiger partial charge is 0.490 e. The fraction of sp³-hybridized carbons (Fsp3) is 0.409. The smallest absolute Gasteiger partial charge is 0.258 e. The Kier molecular flexibility index (Phi) is 6.57. The zero-order chi connectivity index (χ0) is 21.5. The molecule has 0 bridgehead atoms. The molecular weight excluding hydrogens is 453 g/mol. The Morgan fingerprint density at radius 3 is 2.91 bits per heavy atom. The lowest BCUT2D eigenvalue weighted by atomic mass is 10.1. The third kappa shape index (κ3) is 4.03. The van der Waals surface area contributed by atoms with Gasteiger partial charge in [-0.3, -0.25) is 4.79 Å². The molecule has 5 rings (SSSR count). The fourth-order valence-corrected chi connectivity index (χ4v) is 4.23. The first-order valence-corrected chi connectivity index (χ1v) is 10.8. The minimum Gasteiger partial charge on any atom is -0.490 e. The summed E-state index contributed by atoms with van der Waals surface area (Å²) in [6, 6.07) is 7.34. The predicted molar refractivity (Wildman–Crippen MR) is 123 cm³/mol. The SMILES string of the molecule is Cc1nc2c3c(nn2c(C)c1Cl)CN(C(=O)c1ccccc1OCC1CNCCO1)C3.Cl. The Bertz CT molecular complexity index is 1160. The fourth-order valence-electron chi connectivity index (χ4n) is 4.11. The Balaban J connectivity index is 0.00000245. The second-order valence-corrected chi connectivity index (χ2v) is 8.30. The van der Waals surface area contributed by atoms with E-state index >= 15 is 0 Å². The summed E-state index contributed by atoms with van der Waals surface area (Å²) in [4.78, 5) is 19.7. The standard InChI is InChI=1S/C22H24ClN5O3.ClH/c1-13-20(23)14(2)28-21(25-13)17-10-27(11-18(17)26-28)22(29)16-5-3-4-6-19(16)31-12-15-9-24-7-8-30-15;/h3-6,15,24H,7-12H2,1-2H3;1H. The van der Waals surface area contributed by atoms with Gasteiger partial charge in [-0.2, -0.15) is 5.10 Å². The van der Waals surface area contributed by atoms with Crippen molar-refractivity contribution in [3.8, 4) is 5.75 Å². The molecule has 4 heterocycles. The van der Waals surface area contributed by atoms with Crippen molar-refractivity contribution in [2.75, 3.05) is 26.3 Å². The van der Waals surface area contributed by atoms with Crippen LogP contribution in [0.5, 0.6) is 5.75 Å². The van der Waals surface area contributed by atoms with Crippen molar-refractivity contribution in [1.82, 2.24) is 24.8 Å². The molecule has 1 aromatic carbocycles. The summed E-state index contributed by atoms with van der Waals surface area (Å²) in [5, 5.41) is 8.56. The van der Waals surface area contributed by atoms with Crippen LogP contribution in [0, 0.1) is 13.8 Å². The molecule has 1 fully saturated rings. The number of carbonyl (C=O) groups excluding carboxylic acids is 1. The molecule has 32 heavy (non-hydrogen) atoms. The number of benzene rings is 1. The van der Waals surface area contributed by atoms with E-state index in [1.165, 1.54) is 0 Å². The number of nitrogens with zero attached hydrogens (tertiary/aromatic N) is 4. The Morgan fingerprint density at radius 2 is 2.12 bits per heavy atom. The topological polar surface area (TPSA) is 81.0 Å². The monoisotopic (exact) mass is 477 g/mol. The van der Waals surface area contributed by atoms with Crippen LogP contribution in [0.15, 0.2) is 24.3 Å². The molecule has 3 aromatic rings. The molecule has 1 saturated heterocycles. The maximum atomic E-state index is 13.3. The number of hydrogen-bond acceptors (Lipinski definition) is 6. The molecule has 1 amide bonds. The highest BCUT2D eigenvalue weighted by atomic mass is 35.5. The van der Waals surface area contributed by atoms with E-state index in [9.17, 15) is 4.79 Å². The molecule has 1 unspecified atom stereocenters. The van der Waals surface area contributed by atoms with Crippen LogP contribution in [0.2, 0.25) is 5.02 Å². The summed E-state index contributed by atoms with van der Waals surface area (Å²) >= 11 is 6.33. The van der Waals surface area contributed by atoms with Crippen molar-refractivity contribution in [3.63, 3.8) is 0 Å². The maximum absolute atomic E-state index is 13.3. The van der Waals surface area contributed by atoms with Crippen molar-refractivity contribution >= 4 is 35.6 Å². The third-order valence-corrected chi connectivity index (χ3v) is 6.34. The summed E-state index contributed by atoms with van der Waals surface area (Å²) in [5.41, 5.74) is 4.74. The van der Waals surface area contributed by atoms with Gasteiger partial charge in [-0.15, -0.1) is 12.4 Å². The highest BCUT2D eigenvalue weighted by molar-refractivity contribution is 6.31.